The molecule has 0 atom stereocenters. The number of carbonyl (C=O) groups is 2. The zero-order valence-corrected chi connectivity index (χ0v) is 16.3. The molecule has 0 bridgehead atoms. The van der Waals surface area contributed by atoms with Crippen LogP contribution in [0.4, 0.5) is 5.69 Å². The fourth-order valence-corrected chi connectivity index (χ4v) is 2.95. The minimum atomic E-state index is -0.225. The van der Waals surface area contributed by atoms with Crippen LogP contribution >= 0.6 is 0 Å². The Morgan fingerprint density at radius 1 is 1.11 bits per heavy atom. The van der Waals surface area contributed by atoms with E-state index in [1.54, 1.807) is 24.1 Å². The van der Waals surface area contributed by atoms with Gasteiger partial charge in [-0.05, 0) is 37.5 Å². The van der Waals surface area contributed by atoms with E-state index in [2.05, 4.69) is 11.4 Å². The summed E-state index contributed by atoms with van der Waals surface area (Å²) in [5, 5.41) is 2.83. The summed E-state index contributed by atoms with van der Waals surface area (Å²) in [6, 6.07) is 15.4. The maximum absolute atomic E-state index is 12.6. The number of nitrogens with one attached hydrogen (secondary N) is 1. The molecule has 27 heavy (non-hydrogen) atoms. The summed E-state index contributed by atoms with van der Waals surface area (Å²) >= 11 is 0. The van der Waals surface area contributed by atoms with Crippen LogP contribution in [-0.4, -0.2) is 36.9 Å². The highest BCUT2D eigenvalue weighted by Crippen LogP contribution is 2.22. The lowest BCUT2D eigenvalue weighted by atomic mass is 10.1. The molecular weight excluding hydrogens is 340 g/mol. The summed E-state index contributed by atoms with van der Waals surface area (Å²) in [5.41, 5.74) is 2.92. The molecule has 5 nitrogen and oxygen atoms in total. The van der Waals surface area contributed by atoms with Crippen molar-refractivity contribution in [2.75, 3.05) is 25.5 Å². The first-order valence-electron chi connectivity index (χ1n) is 9.29. The summed E-state index contributed by atoms with van der Waals surface area (Å²) in [7, 11) is 1.56. The molecule has 5 heteroatoms. The SMILES string of the molecule is CCCN(CC(=O)Nc1ccccc1OC)C(=O)CCc1cccc(C)c1. The third-order valence-corrected chi connectivity index (χ3v) is 4.27. The predicted octanol–water partition coefficient (Wildman–Crippen LogP) is 3.81. The maximum Gasteiger partial charge on any atom is 0.244 e. The van der Waals surface area contributed by atoms with Crippen molar-refractivity contribution in [3.8, 4) is 5.75 Å². The fourth-order valence-electron chi connectivity index (χ4n) is 2.95. The van der Waals surface area contributed by atoms with Gasteiger partial charge in [0.15, 0.2) is 0 Å². The molecule has 0 unspecified atom stereocenters. The van der Waals surface area contributed by atoms with Crippen LogP contribution in [0.3, 0.4) is 0 Å². The van der Waals surface area contributed by atoms with Gasteiger partial charge in [-0.3, -0.25) is 9.59 Å². The number of anilines is 1. The van der Waals surface area contributed by atoms with Gasteiger partial charge < -0.3 is 15.0 Å². The van der Waals surface area contributed by atoms with E-state index >= 15 is 0 Å². The second kappa shape index (κ2) is 10.4. The molecule has 2 rings (SSSR count). The lowest BCUT2D eigenvalue weighted by Crippen LogP contribution is -2.38. The van der Waals surface area contributed by atoms with Crippen molar-refractivity contribution in [1.29, 1.82) is 0 Å². The van der Waals surface area contributed by atoms with Crippen molar-refractivity contribution in [1.82, 2.24) is 4.90 Å². The number of hydrogen-bond acceptors (Lipinski definition) is 3. The van der Waals surface area contributed by atoms with Gasteiger partial charge in [0, 0.05) is 13.0 Å². The second-order valence-electron chi connectivity index (χ2n) is 6.55. The number of carbonyl (C=O) groups excluding carboxylic acids is 2. The molecule has 0 saturated carbocycles. The van der Waals surface area contributed by atoms with E-state index in [4.69, 9.17) is 4.74 Å². The van der Waals surface area contributed by atoms with Crippen molar-refractivity contribution in [2.24, 2.45) is 0 Å². The van der Waals surface area contributed by atoms with E-state index in [1.165, 1.54) is 5.56 Å². The fraction of sp³-hybridized carbons (Fsp3) is 0.364. The number of methoxy groups -OCH3 is 1. The number of aryl methyl sites for hydroxylation is 2. The van der Waals surface area contributed by atoms with Crippen molar-refractivity contribution in [3.63, 3.8) is 0 Å². The number of ether oxygens (including phenoxy) is 1. The Kier molecular flexibility index (Phi) is 7.86. The quantitative estimate of drug-likeness (QED) is 0.732. The molecule has 0 aliphatic heterocycles. The molecular formula is C22H28N2O3. The first kappa shape index (κ1) is 20.5. The monoisotopic (exact) mass is 368 g/mol. The molecule has 0 saturated heterocycles. The van der Waals surface area contributed by atoms with E-state index in [0.29, 0.717) is 30.8 Å². The Hall–Kier alpha value is -2.82. The van der Waals surface area contributed by atoms with Gasteiger partial charge >= 0.3 is 0 Å². The number of para-hydroxylation sites is 2. The Morgan fingerprint density at radius 3 is 2.59 bits per heavy atom. The average molecular weight is 368 g/mol. The van der Waals surface area contributed by atoms with Gasteiger partial charge in [0.1, 0.15) is 5.75 Å². The van der Waals surface area contributed by atoms with Crippen LogP contribution in [-0.2, 0) is 16.0 Å². The molecule has 0 aliphatic carbocycles. The number of amides is 2. The number of rotatable bonds is 9. The topological polar surface area (TPSA) is 58.6 Å². The molecule has 2 amide bonds. The minimum absolute atomic E-state index is 0.00599. The standard InChI is InChI=1S/C22H28N2O3/c1-4-14-24(22(26)13-12-18-9-7-8-17(2)15-18)16-21(25)23-19-10-5-6-11-20(19)27-3/h5-11,15H,4,12-14,16H2,1-3H3,(H,23,25). The zero-order valence-electron chi connectivity index (χ0n) is 16.3. The average Bonchev–Trinajstić information content (AvgIpc) is 2.66. The van der Waals surface area contributed by atoms with Gasteiger partial charge in [0.2, 0.25) is 11.8 Å². The van der Waals surface area contributed by atoms with Crippen LogP contribution in [0.2, 0.25) is 0 Å². The van der Waals surface area contributed by atoms with Gasteiger partial charge in [0.05, 0.1) is 19.3 Å². The van der Waals surface area contributed by atoms with Gasteiger partial charge in [-0.2, -0.15) is 0 Å². The highest BCUT2D eigenvalue weighted by molar-refractivity contribution is 5.95. The van der Waals surface area contributed by atoms with E-state index in [-0.39, 0.29) is 18.4 Å². The molecule has 2 aromatic rings. The first-order valence-corrected chi connectivity index (χ1v) is 9.29. The summed E-state index contributed by atoms with van der Waals surface area (Å²) in [6.45, 7) is 4.64. The predicted molar refractivity (Wildman–Crippen MR) is 108 cm³/mol. The number of hydrogen-bond donors (Lipinski definition) is 1. The Labute approximate surface area is 161 Å². The molecule has 0 heterocycles. The molecule has 2 aromatic carbocycles. The molecule has 0 spiro atoms. The Balaban J connectivity index is 1.94. The maximum atomic E-state index is 12.6. The normalized spacial score (nSPS) is 10.3. The summed E-state index contributed by atoms with van der Waals surface area (Å²) in [6.07, 6.45) is 1.87. The zero-order chi connectivity index (χ0) is 19.6. The largest absolute Gasteiger partial charge is 0.495 e. The van der Waals surface area contributed by atoms with Crippen LogP contribution in [0.1, 0.15) is 30.9 Å². The molecule has 0 aliphatic rings. The van der Waals surface area contributed by atoms with E-state index in [9.17, 15) is 9.59 Å². The van der Waals surface area contributed by atoms with Crippen LogP contribution in [0.5, 0.6) is 5.75 Å². The molecule has 0 fully saturated rings. The van der Waals surface area contributed by atoms with Crippen molar-refractivity contribution < 1.29 is 14.3 Å². The smallest absolute Gasteiger partial charge is 0.244 e. The van der Waals surface area contributed by atoms with Crippen molar-refractivity contribution >= 4 is 17.5 Å². The van der Waals surface area contributed by atoms with Gasteiger partial charge in [-0.1, -0.05) is 48.9 Å². The summed E-state index contributed by atoms with van der Waals surface area (Å²) in [4.78, 5) is 26.7. The van der Waals surface area contributed by atoms with Crippen molar-refractivity contribution in [2.45, 2.75) is 33.1 Å². The molecule has 0 aromatic heterocycles. The highest BCUT2D eigenvalue weighted by atomic mass is 16.5. The van der Waals surface area contributed by atoms with Gasteiger partial charge in [-0.15, -0.1) is 0 Å². The van der Waals surface area contributed by atoms with Crippen LogP contribution < -0.4 is 10.1 Å². The van der Waals surface area contributed by atoms with Gasteiger partial charge in [0.25, 0.3) is 0 Å². The van der Waals surface area contributed by atoms with Crippen LogP contribution in [0, 0.1) is 6.92 Å². The summed E-state index contributed by atoms with van der Waals surface area (Å²) < 4.78 is 5.25. The first-order chi connectivity index (χ1) is 13.0. The van der Waals surface area contributed by atoms with Gasteiger partial charge in [-0.25, -0.2) is 0 Å². The Morgan fingerprint density at radius 2 is 1.89 bits per heavy atom. The van der Waals surface area contributed by atoms with Crippen molar-refractivity contribution in [3.05, 3.63) is 59.7 Å². The van der Waals surface area contributed by atoms with E-state index < -0.39 is 0 Å². The third-order valence-electron chi connectivity index (χ3n) is 4.27. The second-order valence-corrected chi connectivity index (χ2v) is 6.55. The lowest BCUT2D eigenvalue weighted by Gasteiger charge is -2.22. The lowest BCUT2D eigenvalue weighted by molar-refractivity contribution is -0.134. The van der Waals surface area contributed by atoms with E-state index in [1.807, 2.05) is 44.2 Å². The number of benzene rings is 2. The number of nitrogens with zero attached hydrogens (tertiary/aromatic N) is 1. The third kappa shape index (κ3) is 6.44. The molecule has 144 valence electrons. The molecule has 1 N–H and O–H groups in total. The van der Waals surface area contributed by atoms with Crippen LogP contribution in [0.15, 0.2) is 48.5 Å². The minimum Gasteiger partial charge on any atom is -0.495 e. The van der Waals surface area contributed by atoms with E-state index in [0.717, 1.165) is 12.0 Å². The molecule has 0 radical (unpaired) electrons. The summed E-state index contributed by atoms with van der Waals surface area (Å²) in [5.74, 6) is 0.365. The van der Waals surface area contributed by atoms with Crippen LogP contribution in [0.25, 0.3) is 0 Å². The highest BCUT2D eigenvalue weighted by Gasteiger charge is 2.17. The Bertz CT molecular complexity index is 774.